The van der Waals surface area contributed by atoms with Crippen LogP contribution >= 0.6 is 0 Å². The van der Waals surface area contributed by atoms with Gasteiger partial charge in [0.15, 0.2) is 0 Å². The first-order valence-electron chi connectivity index (χ1n) is 8.02. The van der Waals surface area contributed by atoms with E-state index >= 15 is 0 Å². The number of anilines is 1. The summed E-state index contributed by atoms with van der Waals surface area (Å²) in [6, 6.07) is 10.7. The zero-order valence-electron chi connectivity index (χ0n) is 14.0. The van der Waals surface area contributed by atoms with E-state index < -0.39 is 5.91 Å². The zero-order chi connectivity index (χ0) is 18.1. The maximum absolute atomic E-state index is 13.1. The number of benzene rings is 2. The Balaban J connectivity index is 2.03. The van der Waals surface area contributed by atoms with Gasteiger partial charge >= 0.3 is 0 Å². The lowest BCUT2D eigenvalue weighted by Gasteiger charge is -2.39. The smallest absolute Gasteiger partial charge is 0.248 e. The van der Waals surface area contributed by atoms with E-state index in [4.69, 9.17) is 10.5 Å². The molecule has 2 N–H and O–H groups in total. The van der Waals surface area contributed by atoms with Gasteiger partial charge in [0, 0.05) is 30.5 Å². The second kappa shape index (κ2) is 6.55. The number of amides is 2. The molecule has 2 amide bonds. The van der Waals surface area contributed by atoms with E-state index in [1.807, 2.05) is 6.92 Å². The van der Waals surface area contributed by atoms with Gasteiger partial charge in [-0.25, -0.2) is 4.39 Å². The van der Waals surface area contributed by atoms with Crippen molar-refractivity contribution >= 4 is 17.5 Å². The molecule has 0 spiro atoms. The van der Waals surface area contributed by atoms with Crippen molar-refractivity contribution in [3.05, 3.63) is 59.4 Å². The van der Waals surface area contributed by atoms with Crippen molar-refractivity contribution in [1.82, 2.24) is 0 Å². The molecule has 2 aromatic rings. The molecule has 0 saturated heterocycles. The fourth-order valence-corrected chi connectivity index (χ4v) is 3.23. The van der Waals surface area contributed by atoms with Crippen molar-refractivity contribution in [2.24, 2.45) is 5.73 Å². The third-order valence-corrected chi connectivity index (χ3v) is 4.35. The van der Waals surface area contributed by atoms with Crippen LogP contribution in [0, 0.1) is 5.82 Å². The Bertz CT molecular complexity index is 820. The SMILES string of the molecule is CC(=O)N1c2ccc(C(N)=O)cc2[C@@H](Oc2ccc(F)cc2)C[C@H]1C. The molecule has 1 heterocycles. The molecule has 0 fully saturated rings. The summed E-state index contributed by atoms with van der Waals surface area (Å²) < 4.78 is 19.1. The Morgan fingerprint density at radius 1 is 1.20 bits per heavy atom. The van der Waals surface area contributed by atoms with Crippen LogP contribution in [0.4, 0.5) is 10.1 Å². The quantitative estimate of drug-likeness (QED) is 0.931. The summed E-state index contributed by atoms with van der Waals surface area (Å²) in [4.78, 5) is 25.3. The van der Waals surface area contributed by atoms with Crippen molar-refractivity contribution in [3.8, 4) is 5.75 Å². The predicted molar refractivity (Wildman–Crippen MR) is 92.0 cm³/mol. The standard InChI is InChI=1S/C19H19FN2O3/c1-11-9-18(25-15-6-4-14(20)5-7-15)16-10-13(19(21)24)3-8-17(16)22(11)12(2)23/h3-8,10-11,18H,9H2,1-2H3,(H2,21,24)/t11-,18+/m1/s1. The minimum absolute atomic E-state index is 0.0742. The summed E-state index contributed by atoms with van der Waals surface area (Å²) >= 11 is 0. The highest BCUT2D eigenvalue weighted by molar-refractivity contribution is 5.97. The number of rotatable bonds is 3. The summed E-state index contributed by atoms with van der Waals surface area (Å²) in [7, 11) is 0. The Labute approximate surface area is 145 Å². The summed E-state index contributed by atoms with van der Waals surface area (Å²) in [6.45, 7) is 3.44. The van der Waals surface area contributed by atoms with E-state index in [0.29, 0.717) is 29.0 Å². The Morgan fingerprint density at radius 2 is 1.88 bits per heavy atom. The molecule has 0 saturated carbocycles. The van der Waals surface area contributed by atoms with Gasteiger partial charge in [-0.1, -0.05) is 0 Å². The first-order chi connectivity index (χ1) is 11.9. The maximum Gasteiger partial charge on any atom is 0.248 e. The van der Waals surface area contributed by atoms with Gasteiger partial charge in [-0.05, 0) is 49.4 Å². The molecule has 0 unspecified atom stereocenters. The Kier molecular flexibility index (Phi) is 4.44. The minimum Gasteiger partial charge on any atom is -0.486 e. The fourth-order valence-electron chi connectivity index (χ4n) is 3.23. The van der Waals surface area contributed by atoms with Crippen molar-refractivity contribution in [1.29, 1.82) is 0 Å². The molecule has 3 rings (SSSR count). The van der Waals surface area contributed by atoms with Gasteiger partial charge in [0.05, 0.1) is 5.69 Å². The van der Waals surface area contributed by atoms with Crippen LogP contribution in [0.1, 0.15) is 42.3 Å². The minimum atomic E-state index is -0.545. The van der Waals surface area contributed by atoms with E-state index in [0.717, 1.165) is 0 Å². The number of fused-ring (bicyclic) bond motifs is 1. The highest BCUT2D eigenvalue weighted by atomic mass is 19.1. The van der Waals surface area contributed by atoms with Crippen LogP contribution in [-0.2, 0) is 4.79 Å². The molecule has 130 valence electrons. The number of hydrogen-bond donors (Lipinski definition) is 1. The highest BCUT2D eigenvalue weighted by Crippen LogP contribution is 2.40. The van der Waals surface area contributed by atoms with Crippen LogP contribution in [0.5, 0.6) is 5.75 Å². The van der Waals surface area contributed by atoms with Crippen LogP contribution in [0.25, 0.3) is 0 Å². The van der Waals surface area contributed by atoms with E-state index in [1.54, 1.807) is 35.2 Å². The average Bonchev–Trinajstić information content (AvgIpc) is 2.56. The molecule has 0 bridgehead atoms. The van der Waals surface area contributed by atoms with E-state index in [1.165, 1.54) is 19.1 Å². The number of primary amides is 1. The summed E-state index contributed by atoms with van der Waals surface area (Å²) in [6.07, 6.45) is 0.178. The number of ether oxygens (including phenoxy) is 1. The Morgan fingerprint density at radius 3 is 2.48 bits per heavy atom. The summed E-state index contributed by atoms with van der Waals surface area (Å²) in [5.41, 5.74) is 7.15. The second-order valence-electron chi connectivity index (χ2n) is 6.17. The molecule has 0 aliphatic carbocycles. The van der Waals surface area contributed by atoms with Crippen LogP contribution < -0.4 is 15.4 Å². The summed E-state index contributed by atoms with van der Waals surface area (Å²) in [5.74, 6) is -0.453. The van der Waals surface area contributed by atoms with Gasteiger partial charge in [-0.15, -0.1) is 0 Å². The van der Waals surface area contributed by atoms with Gasteiger partial charge < -0.3 is 15.4 Å². The number of carbonyl (C=O) groups excluding carboxylic acids is 2. The molecule has 25 heavy (non-hydrogen) atoms. The van der Waals surface area contributed by atoms with Crippen LogP contribution in [0.2, 0.25) is 0 Å². The van der Waals surface area contributed by atoms with Crippen molar-refractivity contribution in [3.63, 3.8) is 0 Å². The van der Waals surface area contributed by atoms with Crippen molar-refractivity contribution < 1.29 is 18.7 Å². The second-order valence-corrected chi connectivity index (χ2v) is 6.17. The first kappa shape index (κ1) is 17.0. The molecule has 5 nitrogen and oxygen atoms in total. The molecule has 6 heteroatoms. The number of carbonyl (C=O) groups is 2. The lowest BCUT2D eigenvalue weighted by Crippen LogP contribution is -2.43. The molecule has 0 radical (unpaired) electrons. The number of hydrogen-bond acceptors (Lipinski definition) is 3. The van der Waals surface area contributed by atoms with Gasteiger partial charge in [0.1, 0.15) is 17.7 Å². The molecule has 0 aromatic heterocycles. The Hall–Kier alpha value is -2.89. The van der Waals surface area contributed by atoms with Crippen LogP contribution in [-0.4, -0.2) is 17.9 Å². The highest BCUT2D eigenvalue weighted by Gasteiger charge is 2.34. The van der Waals surface area contributed by atoms with Gasteiger partial charge in [-0.2, -0.15) is 0 Å². The van der Waals surface area contributed by atoms with Crippen LogP contribution in [0.3, 0.4) is 0 Å². The lowest BCUT2D eigenvalue weighted by molar-refractivity contribution is -0.117. The molecular weight excluding hydrogens is 323 g/mol. The van der Waals surface area contributed by atoms with Crippen molar-refractivity contribution in [2.45, 2.75) is 32.4 Å². The lowest BCUT2D eigenvalue weighted by atomic mass is 9.92. The number of nitrogens with zero attached hydrogens (tertiary/aromatic N) is 1. The monoisotopic (exact) mass is 342 g/mol. The fraction of sp³-hybridized carbons (Fsp3) is 0.263. The number of nitrogens with two attached hydrogens (primary N) is 1. The first-order valence-corrected chi connectivity index (χ1v) is 8.02. The molecule has 2 atom stereocenters. The molecular formula is C19H19FN2O3. The predicted octanol–water partition coefficient (Wildman–Crippen LogP) is 3.19. The summed E-state index contributed by atoms with van der Waals surface area (Å²) in [5, 5.41) is 0. The van der Waals surface area contributed by atoms with Gasteiger partial charge in [0.25, 0.3) is 0 Å². The average molecular weight is 342 g/mol. The largest absolute Gasteiger partial charge is 0.486 e. The zero-order valence-corrected chi connectivity index (χ0v) is 14.0. The number of halogens is 1. The third-order valence-electron chi connectivity index (χ3n) is 4.35. The topological polar surface area (TPSA) is 72.6 Å². The molecule has 1 aliphatic heterocycles. The van der Waals surface area contributed by atoms with Crippen molar-refractivity contribution in [2.75, 3.05) is 4.90 Å². The normalized spacial score (nSPS) is 19.2. The van der Waals surface area contributed by atoms with E-state index in [2.05, 4.69) is 0 Å². The van der Waals surface area contributed by atoms with E-state index in [-0.39, 0.29) is 23.9 Å². The van der Waals surface area contributed by atoms with Gasteiger partial charge in [0.2, 0.25) is 11.8 Å². The van der Waals surface area contributed by atoms with E-state index in [9.17, 15) is 14.0 Å². The third kappa shape index (κ3) is 3.33. The van der Waals surface area contributed by atoms with Crippen LogP contribution in [0.15, 0.2) is 42.5 Å². The van der Waals surface area contributed by atoms with Gasteiger partial charge in [-0.3, -0.25) is 9.59 Å². The molecule has 2 aromatic carbocycles. The molecule has 1 aliphatic rings. The maximum atomic E-state index is 13.1.